The van der Waals surface area contributed by atoms with Crippen molar-refractivity contribution in [3.8, 4) is 0 Å². The van der Waals surface area contributed by atoms with E-state index in [1.165, 1.54) is 0 Å². The smallest absolute Gasteiger partial charge is 0.209 e. The molecule has 0 saturated carbocycles. The Labute approximate surface area is 102 Å². The van der Waals surface area contributed by atoms with E-state index in [1.54, 1.807) is 6.26 Å². The van der Waals surface area contributed by atoms with Crippen LogP contribution in [0, 0.1) is 0 Å². The quantitative estimate of drug-likeness (QED) is 0.946. The van der Waals surface area contributed by atoms with Crippen LogP contribution < -0.4 is 4.72 Å². The van der Waals surface area contributed by atoms with Gasteiger partial charge in [-0.3, -0.25) is 0 Å². The Morgan fingerprint density at radius 2 is 2.19 bits per heavy atom. The maximum Gasteiger partial charge on any atom is 0.209 e. The third-order valence-corrected chi connectivity index (χ3v) is 3.30. The van der Waals surface area contributed by atoms with Crippen molar-refractivity contribution in [2.24, 2.45) is 0 Å². The third-order valence-electron chi connectivity index (χ3n) is 2.14. The van der Waals surface area contributed by atoms with Crippen LogP contribution in [-0.4, -0.2) is 14.7 Å². The Bertz CT molecular complexity index is 618. The average molecular weight is 304 g/mol. The first-order chi connectivity index (χ1) is 7.46. The van der Waals surface area contributed by atoms with Crippen LogP contribution in [0.3, 0.4) is 0 Å². The Hall–Kier alpha value is -0.850. The summed E-state index contributed by atoms with van der Waals surface area (Å²) in [5.41, 5.74) is 1.56. The zero-order valence-corrected chi connectivity index (χ0v) is 10.9. The first kappa shape index (κ1) is 11.6. The molecule has 1 N–H and O–H groups in total. The Balaban J connectivity index is 2.32. The number of rotatable bonds is 3. The van der Waals surface area contributed by atoms with Crippen molar-refractivity contribution >= 4 is 36.9 Å². The van der Waals surface area contributed by atoms with E-state index in [0.29, 0.717) is 0 Å². The first-order valence-electron chi connectivity index (χ1n) is 4.56. The molecule has 4 nitrogen and oxygen atoms in total. The Kier molecular flexibility index (Phi) is 3.05. The highest BCUT2D eigenvalue weighted by molar-refractivity contribution is 9.10. The van der Waals surface area contributed by atoms with E-state index in [2.05, 4.69) is 20.7 Å². The highest BCUT2D eigenvalue weighted by Crippen LogP contribution is 2.24. The van der Waals surface area contributed by atoms with Crippen LogP contribution in [0.1, 0.15) is 5.56 Å². The molecule has 0 unspecified atom stereocenters. The molecule has 16 heavy (non-hydrogen) atoms. The summed E-state index contributed by atoms with van der Waals surface area (Å²) in [6.45, 7) is 0.244. The molecule has 0 saturated heterocycles. The molecule has 0 bridgehead atoms. The van der Waals surface area contributed by atoms with Crippen LogP contribution in [0.2, 0.25) is 0 Å². The van der Waals surface area contributed by atoms with Crippen LogP contribution >= 0.6 is 15.9 Å². The van der Waals surface area contributed by atoms with E-state index < -0.39 is 10.0 Å². The highest BCUT2D eigenvalue weighted by Gasteiger charge is 2.08. The van der Waals surface area contributed by atoms with E-state index >= 15 is 0 Å². The van der Waals surface area contributed by atoms with Gasteiger partial charge in [0.05, 0.1) is 12.5 Å². The van der Waals surface area contributed by atoms with Gasteiger partial charge in [0.2, 0.25) is 10.0 Å². The lowest BCUT2D eigenvalue weighted by atomic mass is 10.2. The van der Waals surface area contributed by atoms with Gasteiger partial charge >= 0.3 is 0 Å². The van der Waals surface area contributed by atoms with Crippen molar-refractivity contribution < 1.29 is 12.8 Å². The molecule has 2 rings (SSSR count). The van der Waals surface area contributed by atoms with Crippen molar-refractivity contribution in [2.75, 3.05) is 6.26 Å². The topological polar surface area (TPSA) is 59.3 Å². The predicted octanol–water partition coefficient (Wildman–Crippen LogP) is 2.24. The van der Waals surface area contributed by atoms with Crippen molar-refractivity contribution in [1.82, 2.24) is 4.72 Å². The van der Waals surface area contributed by atoms with Crippen LogP contribution in [-0.2, 0) is 16.6 Å². The van der Waals surface area contributed by atoms with Crippen molar-refractivity contribution in [3.05, 3.63) is 34.5 Å². The molecule has 2 aromatic rings. The number of fused-ring (bicyclic) bond motifs is 1. The van der Waals surface area contributed by atoms with E-state index in [9.17, 15) is 8.42 Å². The minimum absolute atomic E-state index is 0.244. The van der Waals surface area contributed by atoms with E-state index in [4.69, 9.17) is 4.42 Å². The molecule has 0 aliphatic heterocycles. The van der Waals surface area contributed by atoms with Gasteiger partial charge in [-0.05, 0) is 18.2 Å². The lowest BCUT2D eigenvalue weighted by Crippen LogP contribution is -2.20. The summed E-state index contributed by atoms with van der Waals surface area (Å²) in [6, 6.07) is 5.63. The van der Waals surface area contributed by atoms with Crippen molar-refractivity contribution in [2.45, 2.75) is 6.54 Å². The lowest BCUT2D eigenvalue weighted by molar-refractivity contribution is 0.585. The summed E-state index contributed by atoms with van der Waals surface area (Å²) in [5.74, 6) is 0. The molecule has 86 valence electrons. The van der Waals surface area contributed by atoms with Gasteiger partial charge in [0.1, 0.15) is 5.58 Å². The number of halogens is 1. The summed E-state index contributed by atoms with van der Waals surface area (Å²) < 4.78 is 30.6. The van der Waals surface area contributed by atoms with Crippen LogP contribution in [0.15, 0.2) is 33.4 Å². The number of sulfonamides is 1. The summed E-state index contributed by atoms with van der Waals surface area (Å²) >= 11 is 3.34. The average Bonchev–Trinajstić information content (AvgIpc) is 2.56. The minimum Gasteiger partial charge on any atom is -0.464 e. The second kappa shape index (κ2) is 4.20. The van der Waals surface area contributed by atoms with Gasteiger partial charge in [0, 0.05) is 22.0 Å². The molecule has 0 radical (unpaired) electrons. The molecule has 1 aromatic carbocycles. The molecule has 0 spiro atoms. The molecule has 1 aromatic heterocycles. The first-order valence-corrected chi connectivity index (χ1v) is 7.24. The molecular weight excluding hydrogens is 294 g/mol. The fraction of sp³-hybridized carbons (Fsp3) is 0.200. The van der Waals surface area contributed by atoms with Crippen molar-refractivity contribution in [1.29, 1.82) is 0 Å². The third kappa shape index (κ3) is 2.63. The van der Waals surface area contributed by atoms with Gasteiger partial charge in [-0.15, -0.1) is 0 Å². The maximum atomic E-state index is 11.0. The monoisotopic (exact) mass is 303 g/mol. The fourth-order valence-electron chi connectivity index (χ4n) is 1.40. The molecule has 0 fully saturated rings. The molecule has 1 heterocycles. The van der Waals surface area contributed by atoms with Crippen LogP contribution in [0.4, 0.5) is 0 Å². The fourth-order valence-corrected chi connectivity index (χ4v) is 2.16. The summed E-state index contributed by atoms with van der Waals surface area (Å²) in [4.78, 5) is 0. The minimum atomic E-state index is -3.18. The number of hydrogen-bond acceptors (Lipinski definition) is 3. The largest absolute Gasteiger partial charge is 0.464 e. The number of furan rings is 1. The molecule has 0 amide bonds. The van der Waals surface area contributed by atoms with Gasteiger partial charge < -0.3 is 4.42 Å². The van der Waals surface area contributed by atoms with Crippen molar-refractivity contribution in [3.63, 3.8) is 0 Å². The number of hydrogen-bond donors (Lipinski definition) is 1. The Morgan fingerprint density at radius 3 is 2.88 bits per heavy atom. The molecule has 0 atom stereocenters. The van der Waals surface area contributed by atoms with Gasteiger partial charge in [-0.2, -0.15) is 0 Å². The number of nitrogens with one attached hydrogen (secondary N) is 1. The molecule has 0 aliphatic rings. The summed E-state index contributed by atoms with van der Waals surface area (Å²) in [7, 11) is -3.18. The zero-order chi connectivity index (χ0) is 11.8. The summed E-state index contributed by atoms with van der Waals surface area (Å²) in [5, 5.41) is 0.916. The maximum absolute atomic E-state index is 11.0. The SMILES string of the molecule is CS(=O)(=O)NCc1coc2cc(Br)ccc12. The lowest BCUT2D eigenvalue weighted by Gasteiger charge is -1.99. The second-order valence-electron chi connectivity index (χ2n) is 3.49. The van der Waals surface area contributed by atoms with E-state index in [0.717, 1.165) is 27.3 Å². The van der Waals surface area contributed by atoms with Crippen LogP contribution in [0.5, 0.6) is 0 Å². The predicted molar refractivity (Wildman–Crippen MR) is 65.6 cm³/mol. The van der Waals surface area contributed by atoms with Gasteiger partial charge in [0.15, 0.2) is 0 Å². The zero-order valence-electron chi connectivity index (χ0n) is 8.53. The summed E-state index contributed by atoms with van der Waals surface area (Å²) in [6.07, 6.45) is 2.70. The molecule has 6 heteroatoms. The molecular formula is C10H10BrNO3S. The highest BCUT2D eigenvalue weighted by atomic mass is 79.9. The normalized spacial score (nSPS) is 12.1. The number of benzene rings is 1. The van der Waals surface area contributed by atoms with E-state index in [1.807, 2.05) is 18.2 Å². The second-order valence-corrected chi connectivity index (χ2v) is 6.24. The van der Waals surface area contributed by atoms with Crippen LogP contribution in [0.25, 0.3) is 11.0 Å². The van der Waals surface area contributed by atoms with Gasteiger partial charge in [-0.1, -0.05) is 15.9 Å². The van der Waals surface area contributed by atoms with E-state index in [-0.39, 0.29) is 6.54 Å². The van der Waals surface area contributed by atoms with Gasteiger partial charge in [-0.25, -0.2) is 13.1 Å². The molecule has 0 aliphatic carbocycles. The standard InChI is InChI=1S/C10H10BrNO3S/c1-16(13,14)12-5-7-6-15-10-4-8(11)2-3-9(7)10/h2-4,6,12H,5H2,1H3. The van der Waals surface area contributed by atoms with Gasteiger partial charge in [0.25, 0.3) is 0 Å². The Morgan fingerprint density at radius 1 is 1.44 bits per heavy atom.